The van der Waals surface area contributed by atoms with Gasteiger partial charge in [-0.25, -0.2) is 9.97 Å². The van der Waals surface area contributed by atoms with E-state index in [4.69, 9.17) is 28.9 Å². The average molecular weight is 569 g/mol. The van der Waals surface area contributed by atoms with E-state index in [1.54, 1.807) is 33.5 Å². The van der Waals surface area contributed by atoms with E-state index in [0.29, 0.717) is 78.6 Å². The standard InChI is InChI=1S/C30H31F3N4O4/c1-5-41-27-18-23-22(17-26(27)40-4)29(35-28(34-23)19-9-10-24(38-2)25(15-19)39-3)37-13-11-36(12-14-37)21-8-6-7-20(16-21)30(31,32)33/h6-10,15-18H,5,11-14H2,1-4H3. The van der Waals surface area contributed by atoms with Crippen LogP contribution in [-0.4, -0.2) is 64.1 Å². The van der Waals surface area contributed by atoms with Gasteiger partial charge in [-0.15, -0.1) is 0 Å². The molecule has 4 aromatic rings. The second-order valence-electron chi connectivity index (χ2n) is 9.42. The van der Waals surface area contributed by atoms with Crippen LogP contribution in [0.15, 0.2) is 54.6 Å². The van der Waals surface area contributed by atoms with Crippen LogP contribution in [0.3, 0.4) is 0 Å². The predicted molar refractivity (Wildman–Crippen MR) is 152 cm³/mol. The number of fused-ring (bicyclic) bond motifs is 1. The summed E-state index contributed by atoms with van der Waals surface area (Å²) < 4.78 is 62.2. The maximum absolute atomic E-state index is 13.3. The molecule has 0 saturated carbocycles. The normalized spacial score (nSPS) is 13.8. The summed E-state index contributed by atoms with van der Waals surface area (Å²) in [6.07, 6.45) is -4.39. The summed E-state index contributed by atoms with van der Waals surface area (Å²) >= 11 is 0. The van der Waals surface area contributed by atoms with Crippen molar-refractivity contribution in [3.05, 3.63) is 60.2 Å². The van der Waals surface area contributed by atoms with Crippen LogP contribution in [0, 0.1) is 0 Å². The van der Waals surface area contributed by atoms with Crippen molar-refractivity contribution in [1.29, 1.82) is 0 Å². The Bertz CT molecular complexity index is 1540. The average Bonchev–Trinajstić information content (AvgIpc) is 2.99. The van der Waals surface area contributed by atoms with Crippen molar-refractivity contribution in [3.63, 3.8) is 0 Å². The molecule has 0 aliphatic carbocycles. The number of anilines is 2. The fraction of sp³-hybridized carbons (Fsp3) is 0.333. The van der Waals surface area contributed by atoms with Crippen molar-refractivity contribution in [3.8, 4) is 34.4 Å². The van der Waals surface area contributed by atoms with E-state index in [1.807, 2.05) is 36.1 Å². The third-order valence-electron chi connectivity index (χ3n) is 7.02. The second-order valence-corrected chi connectivity index (χ2v) is 9.42. The minimum atomic E-state index is -4.39. The number of nitrogens with zero attached hydrogens (tertiary/aromatic N) is 4. The van der Waals surface area contributed by atoms with Crippen LogP contribution in [0.25, 0.3) is 22.3 Å². The molecule has 5 rings (SSSR count). The first-order valence-corrected chi connectivity index (χ1v) is 13.2. The van der Waals surface area contributed by atoms with E-state index < -0.39 is 11.7 Å². The first-order chi connectivity index (χ1) is 19.7. The third kappa shape index (κ3) is 5.75. The number of methoxy groups -OCH3 is 3. The van der Waals surface area contributed by atoms with Gasteiger partial charge in [0.05, 0.1) is 39.0 Å². The maximum atomic E-state index is 13.3. The van der Waals surface area contributed by atoms with Crippen molar-refractivity contribution in [2.24, 2.45) is 0 Å². The Balaban J connectivity index is 1.54. The topological polar surface area (TPSA) is 69.2 Å². The SMILES string of the molecule is CCOc1cc2nc(-c3ccc(OC)c(OC)c3)nc(N3CCN(c4cccc(C(F)(F)F)c4)CC3)c2cc1OC. The third-order valence-corrected chi connectivity index (χ3v) is 7.02. The fourth-order valence-corrected chi connectivity index (χ4v) is 4.95. The zero-order chi connectivity index (χ0) is 29.1. The number of ether oxygens (including phenoxy) is 4. The molecule has 0 atom stereocenters. The zero-order valence-electron chi connectivity index (χ0n) is 23.3. The summed E-state index contributed by atoms with van der Waals surface area (Å²) in [5, 5.41) is 0.780. The van der Waals surface area contributed by atoms with Gasteiger partial charge in [-0.3, -0.25) is 0 Å². The molecule has 0 radical (unpaired) electrons. The lowest BCUT2D eigenvalue weighted by Crippen LogP contribution is -2.47. The smallest absolute Gasteiger partial charge is 0.416 e. The van der Waals surface area contributed by atoms with E-state index in [9.17, 15) is 13.2 Å². The van der Waals surface area contributed by atoms with Crippen molar-refractivity contribution in [2.45, 2.75) is 13.1 Å². The zero-order valence-corrected chi connectivity index (χ0v) is 23.3. The van der Waals surface area contributed by atoms with Crippen molar-refractivity contribution in [1.82, 2.24) is 9.97 Å². The fourth-order valence-electron chi connectivity index (χ4n) is 4.95. The van der Waals surface area contributed by atoms with Crippen LogP contribution in [-0.2, 0) is 6.18 Å². The summed E-state index contributed by atoms with van der Waals surface area (Å²) in [6.45, 7) is 4.49. The lowest BCUT2D eigenvalue weighted by atomic mass is 10.1. The van der Waals surface area contributed by atoms with Gasteiger partial charge >= 0.3 is 6.18 Å². The highest BCUT2D eigenvalue weighted by atomic mass is 19.4. The predicted octanol–water partition coefficient (Wildman–Crippen LogP) is 6.07. The molecule has 0 spiro atoms. The van der Waals surface area contributed by atoms with E-state index in [0.717, 1.165) is 17.0 Å². The van der Waals surface area contributed by atoms with Crippen LogP contribution in [0.4, 0.5) is 24.7 Å². The monoisotopic (exact) mass is 568 g/mol. The molecule has 1 aliphatic heterocycles. The Hall–Kier alpha value is -4.41. The van der Waals surface area contributed by atoms with Gasteiger partial charge in [0.15, 0.2) is 28.8 Å². The van der Waals surface area contributed by atoms with Gasteiger partial charge in [-0.2, -0.15) is 13.2 Å². The Kier molecular flexibility index (Phi) is 7.96. The first kappa shape index (κ1) is 28.1. The summed E-state index contributed by atoms with van der Waals surface area (Å²) in [6, 6.07) is 14.6. The van der Waals surface area contributed by atoms with Crippen molar-refractivity contribution in [2.75, 3.05) is 63.9 Å². The molecule has 41 heavy (non-hydrogen) atoms. The first-order valence-electron chi connectivity index (χ1n) is 13.2. The molecule has 0 unspecified atom stereocenters. The molecule has 2 heterocycles. The van der Waals surface area contributed by atoms with E-state index in [-0.39, 0.29) is 0 Å². The molecule has 1 aromatic heterocycles. The van der Waals surface area contributed by atoms with Crippen LogP contribution in [0.1, 0.15) is 12.5 Å². The van der Waals surface area contributed by atoms with Gasteiger partial charge in [0.25, 0.3) is 0 Å². The number of piperazine rings is 1. The number of aromatic nitrogens is 2. The number of hydrogen-bond donors (Lipinski definition) is 0. The lowest BCUT2D eigenvalue weighted by molar-refractivity contribution is -0.137. The van der Waals surface area contributed by atoms with Gasteiger partial charge in [-0.1, -0.05) is 6.07 Å². The summed E-state index contributed by atoms with van der Waals surface area (Å²) in [5.41, 5.74) is 1.29. The molecular weight excluding hydrogens is 537 g/mol. The lowest BCUT2D eigenvalue weighted by Gasteiger charge is -2.37. The highest BCUT2D eigenvalue weighted by molar-refractivity contribution is 5.94. The second kappa shape index (κ2) is 11.6. The molecule has 1 fully saturated rings. The van der Waals surface area contributed by atoms with Gasteiger partial charge in [0.1, 0.15) is 5.82 Å². The van der Waals surface area contributed by atoms with Crippen LogP contribution in [0.2, 0.25) is 0 Å². The van der Waals surface area contributed by atoms with Gasteiger partial charge in [-0.05, 0) is 49.4 Å². The molecule has 3 aromatic carbocycles. The molecule has 1 aliphatic rings. The summed E-state index contributed by atoms with van der Waals surface area (Å²) in [5.74, 6) is 3.46. The minimum Gasteiger partial charge on any atom is -0.493 e. The number of rotatable bonds is 8. The quantitative estimate of drug-likeness (QED) is 0.254. The number of alkyl halides is 3. The van der Waals surface area contributed by atoms with Gasteiger partial charge < -0.3 is 28.7 Å². The van der Waals surface area contributed by atoms with Crippen molar-refractivity contribution >= 4 is 22.4 Å². The number of halogens is 3. The van der Waals surface area contributed by atoms with Gasteiger partial charge in [0.2, 0.25) is 0 Å². The Morgan fingerprint density at radius 3 is 2.10 bits per heavy atom. The van der Waals surface area contributed by atoms with E-state index >= 15 is 0 Å². The number of hydrogen-bond acceptors (Lipinski definition) is 8. The minimum absolute atomic E-state index is 0.458. The van der Waals surface area contributed by atoms with Crippen LogP contribution >= 0.6 is 0 Å². The summed E-state index contributed by atoms with van der Waals surface area (Å²) in [7, 11) is 4.72. The molecule has 0 bridgehead atoms. The molecule has 0 amide bonds. The van der Waals surface area contributed by atoms with Gasteiger partial charge in [0, 0.05) is 48.9 Å². The Morgan fingerprint density at radius 1 is 0.756 bits per heavy atom. The highest BCUT2D eigenvalue weighted by Crippen LogP contribution is 2.39. The van der Waals surface area contributed by atoms with E-state index in [2.05, 4.69) is 4.90 Å². The molecule has 8 nitrogen and oxygen atoms in total. The van der Waals surface area contributed by atoms with Crippen LogP contribution in [0.5, 0.6) is 23.0 Å². The Labute approximate surface area is 236 Å². The molecular formula is C30H31F3N4O4. The van der Waals surface area contributed by atoms with Crippen molar-refractivity contribution < 1.29 is 32.1 Å². The number of benzene rings is 3. The molecule has 11 heteroatoms. The molecule has 216 valence electrons. The molecule has 0 N–H and O–H groups in total. The largest absolute Gasteiger partial charge is 0.493 e. The van der Waals surface area contributed by atoms with Crippen LogP contribution < -0.4 is 28.7 Å². The maximum Gasteiger partial charge on any atom is 0.416 e. The molecule has 1 saturated heterocycles. The van der Waals surface area contributed by atoms with E-state index in [1.165, 1.54) is 12.1 Å². The summed E-state index contributed by atoms with van der Waals surface area (Å²) in [4.78, 5) is 13.9. The Morgan fingerprint density at radius 2 is 1.44 bits per heavy atom. The highest BCUT2D eigenvalue weighted by Gasteiger charge is 2.31.